The Morgan fingerprint density at radius 2 is 1.95 bits per heavy atom. The minimum Gasteiger partial charge on any atom is -0.342 e. The predicted octanol–water partition coefficient (Wildman–Crippen LogP) is 2.79. The Labute approximate surface area is 117 Å². The van der Waals surface area contributed by atoms with E-state index in [9.17, 15) is 4.79 Å². The molecule has 110 valence electrons. The number of amides is 1. The van der Waals surface area contributed by atoms with Gasteiger partial charge in [-0.25, -0.2) is 0 Å². The fourth-order valence-electron chi connectivity index (χ4n) is 3.48. The Hall–Kier alpha value is -0.570. The lowest BCUT2D eigenvalue weighted by atomic mass is 9.79. The van der Waals surface area contributed by atoms with E-state index < -0.39 is 0 Å². The molecule has 2 fully saturated rings. The number of hydrogen-bond donors (Lipinski definition) is 1. The van der Waals surface area contributed by atoms with Crippen molar-refractivity contribution in [3.63, 3.8) is 0 Å². The van der Waals surface area contributed by atoms with Gasteiger partial charge in [0, 0.05) is 25.0 Å². The van der Waals surface area contributed by atoms with Crippen LogP contribution in [0.5, 0.6) is 0 Å². The second-order valence-corrected chi connectivity index (χ2v) is 7.49. The summed E-state index contributed by atoms with van der Waals surface area (Å²) < 4.78 is 0. The second kappa shape index (κ2) is 5.82. The van der Waals surface area contributed by atoms with Gasteiger partial charge in [0.15, 0.2) is 0 Å². The Morgan fingerprint density at radius 3 is 2.63 bits per heavy atom. The molecule has 1 saturated carbocycles. The summed E-state index contributed by atoms with van der Waals surface area (Å²) in [5.74, 6) is 1.14. The molecule has 1 amide bonds. The minimum absolute atomic E-state index is 0.187. The first kappa shape index (κ1) is 14.8. The van der Waals surface area contributed by atoms with Gasteiger partial charge in [-0.1, -0.05) is 20.8 Å². The molecule has 19 heavy (non-hydrogen) atoms. The monoisotopic (exact) mass is 266 g/mol. The van der Waals surface area contributed by atoms with Gasteiger partial charge in [0.1, 0.15) is 0 Å². The van der Waals surface area contributed by atoms with Crippen molar-refractivity contribution in [2.24, 2.45) is 23.0 Å². The Morgan fingerprint density at radius 1 is 1.21 bits per heavy atom. The Bertz CT molecular complexity index is 327. The highest BCUT2D eigenvalue weighted by Gasteiger charge is 2.33. The van der Waals surface area contributed by atoms with E-state index in [1.54, 1.807) is 0 Å². The fourth-order valence-corrected chi connectivity index (χ4v) is 3.48. The molecule has 0 aromatic rings. The molecule has 0 aromatic carbocycles. The molecule has 1 saturated heterocycles. The van der Waals surface area contributed by atoms with Crippen LogP contribution in [-0.4, -0.2) is 29.9 Å². The minimum atomic E-state index is 0.187. The highest BCUT2D eigenvalue weighted by Crippen LogP contribution is 2.33. The van der Waals surface area contributed by atoms with Gasteiger partial charge in [-0.3, -0.25) is 4.79 Å². The van der Waals surface area contributed by atoms with Gasteiger partial charge in [-0.05, 0) is 49.9 Å². The molecule has 1 aliphatic carbocycles. The smallest absolute Gasteiger partial charge is 0.225 e. The average Bonchev–Trinajstić information content (AvgIpc) is 2.53. The predicted molar refractivity (Wildman–Crippen MR) is 78.7 cm³/mol. The van der Waals surface area contributed by atoms with Crippen LogP contribution in [-0.2, 0) is 4.79 Å². The summed E-state index contributed by atoms with van der Waals surface area (Å²) in [6, 6.07) is 0.214. The zero-order chi connectivity index (χ0) is 14.0. The molecular weight excluding hydrogens is 236 g/mol. The van der Waals surface area contributed by atoms with Crippen molar-refractivity contribution in [3.05, 3.63) is 0 Å². The molecule has 3 nitrogen and oxygen atoms in total. The molecule has 0 spiro atoms. The number of carbonyl (C=O) groups excluding carboxylic acids is 1. The van der Waals surface area contributed by atoms with E-state index >= 15 is 0 Å². The standard InChI is InChI=1S/C16H30N2O/c1-12-5-6-13(11-14(12)17)15(19)18-9-4-7-16(2,3)8-10-18/h12-14H,4-11,17H2,1-3H3. The van der Waals surface area contributed by atoms with Gasteiger partial charge >= 0.3 is 0 Å². The van der Waals surface area contributed by atoms with E-state index in [4.69, 9.17) is 5.73 Å². The maximum absolute atomic E-state index is 12.6. The number of hydrogen-bond acceptors (Lipinski definition) is 2. The molecule has 2 rings (SSSR count). The van der Waals surface area contributed by atoms with E-state index in [0.717, 1.165) is 45.2 Å². The van der Waals surface area contributed by atoms with Crippen molar-refractivity contribution in [2.45, 2.75) is 65.3 Å². The zero-order valence-electron chi connectivity index (χ0n) is 12.8. The summed E-state index contributed by atoms with van der Waals surface area (Å²) in [4.78, 5) is 14.8. The first-order chi connectivity index (χ1) is 8.89. The third kappa shape index (κ3) is 3.71. The summed E-state index contributed by atoms with van der Waals surface area (Å²) in [7, 11) is 0. The summed E-state index contributed by atoms with van der Waals surface area (Å²) in [5, 5.41) is 0. The van der Waals surface area contributed by atoms with Gasteiger partial charge in [-0.2, -0.15) is 0 Å². The van der Waals surface area contributed by atoms with E-state index in [0.29, 0.717) is 17.2 Å². The average molecular weight is 266 g/mol. The van der Waals surface area contributed by atoms with Crippen molar-refractivity contribution >= 4 is 5.91 Å². The van der Waals surface area contributed by atoms with E-state index in [2.05, 4.69) is 25.7 Å². The van der Waals surface area contributed by atoms with Crippen LogP contribution in [0.1, 0.15) is 59.3 Å². The first-order valence-electron chi connectivity index (χ1n) is 7.93. The quantitative estimate of drug-likeness (QED) is 0.793. The molecule has 0 radical (unpaired) electrons. The van der Waals surface area contributed by atoms with Gasteiger partial charge < -0.3 is 10.6 Å². The molecule has 3 heteroatoms. The molecule has 0 bridgehead atoms. The molecule has 1 aliphatic heterocycles. The van der Waals surface area contributed by atoms with Crippen LogP contribution >= 0.6 is 0 Å². The summed E-state index contributed by atoms with van der Waals surface area (Å²) in [6.45, 7) is 8.73. The van der Waals surface area contributed by atoms with Crippen LogP contribution < -0.4 is 5.73 Å². The lowest BCUT2D eigenvalue weighted by molar-refractivity contribution is -0.137. The summed E-state index contributed by atoms with van der Waals surface area (Å²) >= 11 is 0. The van der Waals surface area contributed by atoms with Gasteiger partial charge in [0.2, 0.25) is 5.91 Å². The highest BCUT2D eigenvalue weighted by atomic mass is 16.2. The molecule has 2 N–H and O–H groups in total. The number of rotatable bonds is 1. The lowest BCUT2D eigenvalue weighted by Crippen LogP contribution is -2.43. The van der Waals surface area contributed by atoms with Crippen molar-refractivity contribution in [1.82, 2.24) is 4.90 Å². The van der Waals surface area contributed by atoms with Crippen LogP contribution in [0.4, 0.5) is 0 Å². The molecule has 3 atom stereocenters. The SMILES string of the molecule is CC1CCC(C(=O)N2CCCC(C)(C)CC2)CC1N. The third-order valence-electron chi connectivity index (χ3n) is 5.26. The third-order valence-corrected chi connectivity index (χ3v) is 5.26. The summed E-state index contributed by atoms with van der Waals surface area (Å²) in [5.41, 5.74) is 6.53. The van der Waals surface area contributed by atoms with E-state index in [-0.39, 0.29) is 12.0 Å². The van der Waals surface area contributed by atoms with Crippen molar-refractivity contribution in [3.8, 4) is 0 Å². The van der Waals surface area contributed by atoms with Crippen LogP contribution in [0.15, 0.2) is 0 Å². The first-order valence-corrected chi connectivity index (χ1v) is 7.93. The second-order valence-electron chi connectivity index (χ2n) is 7.49. The van der Waals surface area contributed by atoms with Crippen LogP contribution in [0, 0.1) is 17.3 Å². The van der Waals surface area contributed by atoms with Crippen LogP contribution in [0.25, 0.3) is 0 Å². The number of likely N-dealkylation sites (tertiary alicyclic amines) is 1. The highest BCUT2D eigenvalue weighted by molar-refractivity contribution is 5.79. The number of carbonyl (C=O) groups is 1. The molecule has 3 unspecified atom stereocenters. The van der Waals surface area contributed by atoms with Crippen molar-refractivity contribution < 1.29 is 4.79 Å². The van der Waals surface area contributed by atoms with Crippen LogP contribution in [0.2, 0.25) is 0 Å². The van der Waals surface area contributed by atoms with Crippen molar-refractivity contribution in [2.75, 3.05) is 13.1 Å². The molecule has 1 heterocycles. The maximum atomic E-state index is 12.6. The zero-order valence-corrected chi connectivity index (χ0v) is 12.8. The number of nitrogens with two attached hydrogens (primary N) is 1. The van der Waals surface area contributed by atoms with E-state index in [1.165, 1.54) is 6.42 Å². The Balaban J connectivity index is 1.92. The van der Waals surface area contributed by atoms with E-state index in [1.807, 2.05) is 0 Å². The molecule has 2 aliphatic rings. The van der Waals surface area contributed by atoms with Gasteiger partial charge in [0.25, 0.3) is 0 Å². The van der Waals surface area contributed by atoms with Crippen molar-refractivity contribution in [1.29, 1.82) is 0 Å². The largest absolute Gasteiger partial charge is 0.342 e. The topological polar surface area (TPSA) is 46.3 Å². The Kier molecular flexibility index (Phi) is 4.54. The molecule has 0 aromatic heterocycles. The van der Waals surface area contributed by atoms with Gasteiger partial charge in [-0.15, -0.1) is 0 Å². The molecular formula is C16H30N2O. The normalized spacial score (nSPS) is 35.8. The number of nitrogens with zero attached hydrogens (tertiary/aromatic N) is 1. The summed E-state index contributed by atoms with van der Waals surface area (Å²) in [6.07, 6.45) is 6.55. The fraction of sp³-hybridized carbons (Fsp3) is 0.938. The maximum Gasteiger partial charge on any atom is 0.225 e. The lowest BCUT2D eigenvalue weighted by Gasteiger charge is -2.34. The van der Waals surface area contributed by atoms with Gasteiger partial charge in [0.05, 0.1) is 0 Å². The van der Waals surface area contributed by atoms with Crippen LogP contribution in [0.3, 0.4) is 0 Å².